The van der Waals surface area contributed by atoms with Crippen LogP contribution in [0.25, 0.3) is 0 Å². The fraction of sp³-hybridized carbons (Fsp3) is 0.333. The second kappa shape index (κ2) is 7.13. The third-order valence-electron chi connectivity index (χ3n) is 3.76. The molecule has 5 nitrogen and oxygen atoms in total. The van der Waals surface area contributed by atoms with E-state index in [9.17, 15) is 9.59 Å². The van der Waals surface area contributed by atoms with E-state index < -0.39 is 0 Å². The van der Waals surface area contributed by atoms with Gasteiger partial charge in [0.1, 0.15) is 5.69 Å². The zero-order chi connectivity index (χ0) is 17.0. The van der Waals surface area contributed by atoms with Crippen LogP contribution in [-0.4, -0.2) is 29.3 Å². The van der Waals surface area contributed by atoms with Crippen LogP contribution in [0.1, 0.15) is 48.5 Å². The van der Waals surface area contributed by atoms with Crippen LogP contribution in [-0.2, 0) is 0 Å². The lowest BCUT2D eigenvalue weighted by atomic mass is 10.2. The molecule has 2 rings (SSSR count). The Morgan fingerprint density at radius 3 is 2.35 bits per heavy atom. The Balaban J connectivity index is 2.08. The summed E-state index contributed by atoms with van der Waals surface area (Å²) in [5.41, 5.74) is 2.72. The standard InChI is InChI=1S/C18H23N3O2/c1-5-21(12(2)3)16-8-6-15(7-9-16)20-18(23)17-10-14(11-19-17)13(4)22/h6-12,19H,5H2,1-4H3,(H,20,23). The van der Waals surface area contributed by atoms with Crippen LogP contribution >= 0.6 is 0 Å². The molecular weight excluding hydrogens is 290 g/mol. The van der Waals surface area contributed by atoms with Gasteiger partial charge in [-0.2, -0.15) is 0 Å². The fourth-order valence-electron chi connectivity index (χ4n) is 2.51. The van der Waals surface area contributed by atoms with E-state index in [2.05, 4.69) is 36.0 Å². The van der Waals surface area contributed by atoms with E-state index in [0.29, 0.717) is 17.3 Å². The molecule has 0 spiro atoms. The monoisotopic (exact) mass is 313 g/mol. The minimum atomic E-state index is -0.263. The Labute approximate surface area is 136 Å². The Morgan fingerprint density at radius 1 is 1.22 bits per heavy atom. The summed E-state index contributed by atoms with van der Waals surface area (Å²) < 4.78 is 0. The van der Waals surface area contributed by atoms with Crippen molar-refractivity contribution in [1.82, 2.24) is 4.98 Å². The molecule has 1 aromatic heterocycles. The Hall–Kier alpha value is -2.56. The van der Waals surface area contributed by atoms with E-state index in [1.54, 1.807) is 12.3 Å². The minimum Gasteiger partial charge on any atom is -0.369 e. The normalized spacial score (nSPS) is 10.7. The predicted molar refractivity (Wildman–Crippen MR) is 93.3 cm³/mol. The zero-order valence-corrected chi connectivity index (χ0v) is 14.0. The van der Waals surface area contributed by atoms with Gasteiger partial charge >= 0.3 is 0 Å². The van der Waals surface area contributed by atoms with Crippen LogP contribution in [0.2, 0.25) is 0 Å². The Kier molecular flexibility index (Phi) is 5.21. The van der Waals surface area contributed by atoms with Gasteiger partial charge in [0.2, 0.25) is 0 Å². The van der Waals surface area contributed by atoms with Gasteiger partial charge in [-0.25, -0.2) is 0 Å². The van der Waals surface area contributed by atoms with Crippen molar-refractivity contribution in [2.75, 3.05) is 16.8 Å². The molecule has 0 aliphatic carbocycles. The predicted octanol–water partition coefficient (Wildman–Crippen LogP) is 3.70. The zero-order valence-electron chi connectivity index (χ0n) is 14.0. The summed E-state index contributed by atoms with van der Waals surface area (Å²) in [6, 6.07) is 9.73. The summed E-state index contributed by atoms with van der Waals surface area (Å²) in [5.74, 6) is -0.334. The van der Waals surface area contributed by atoms with Gasteiger partial charge in [-0.15, -0.1) is 0 Å². The van der Waals surface area contributed by atoms with Crippen LogP contribution < -0.4 is 10.2 Å². The van der Waals surface area contributed by atoms with Gasteiger partial charge < -0.3 is 15.2 Å². The second-order valence-corrected chi connectivity index (χ2v) is 5.74. The molecule has 0 aliphatic heterocycles. The molecule has 2 aromatic rings. The number of anilines is 2. The first-order chi connectivity index (χ1) is 10.9. The summed E-state index contributed by atoms with van der Waals surface area (Å²) in [4.78, 5) is 28.5. The molecule has 1 aromatic carbocycles. The van der Waals surface area contributed by atoms with Crippen LogP contribution in [0.15, 0.2) is 36.5 Å². The topological polar surface area (TPSA) is 65.2 Å². The van der Waals surface area contributed by atoms with E-state index in [0.717, 1.165) is 17.9 Å². The molecular formula is C18H23N3O2. The first-order valence-electron chi connectivity index (χ1n) is 7.79. The van der Waals surface area contributed by atoms with Gasteiger partial charge in [-0.1, -0.05) is 0 Å². The second-order valence-electron chi connectivity index (χ2n) is 5.74. The minimum absolute atomic E-state index is 0.0713. The smallest absolute Gasteiger partial charge is 0.272 e. The van der Waals surface area contributed by atoms with Gasteiger partial charge in [0.15, 0.2) is 5.78 Å². The summed E-state index contributed by atoms with van der Waals surface area (Å²) in [7, 11) is 0. The summed E-state index contributed by atoms with van der Waals surface area (Å²) in [5, 5.41) is 2.82. The maximum atomic E-state index is 12.2. The molecule has 5 heteroatoms. The average molecular weight is 313 g/mol. The van der Waals surface area contributed by atoms with E-state index in [1.807, 2.05) is 24.3 Å². The molecule has 2 N–H and O–H groups in total. The fourth-order valence-corrected chi connectivity index (χ4v) is 2.51. The largest absolute Gasteiger partial charge is 0.369 e. The first kappa shape index (κ1) is 16.8. The van der Waals surface area contributed by atoms with Crippen LogP contribution in [0.3, 0.4) is 0 Å². The number of nitrogens with one attached hydrogen (secondary N) is 2. The summed E-state index contributed by atoms with van der Waals surface area (Å²) in [6.45, 7) is 8.82. The van der Waals surface area contributed by atoms with Gasteiger partial charge in [0, 0.05) is 35.7 Å². The Bertz CT molecular complexity index is 687. The molecule has 0 aliphatic rings. The number of aromatic nitrogens is 1. The van der Waals surface area contributed by atoms with Crippen molar-refractivity contribution in [2.24, 2.45) is 0 Å². The first-order valence-corrected chi connectivity index (χ1v) is 7.79. The number of H-pyrrole nitrogens is 1. The van der Waals surface area contributed by atoms with Crippen LogP contribution in [0.4, 0.5) is 11.4 Å². The highest BCUT2D eigenvalue weighted by molar-refractivity contribution is 6.05. The van der Waals surface area contributed by atoms with Crippen molar-refractivity contribution >= 4 is 23.1 Å². The highest BCUT2D eigenvalue weighted by Crippen LogP contribution is 2.20. The molecule has 0 saturated carbocycles. The number of benzene rings is 1. The van der Waals surface area contributed by atoms with E-state index in [1.165, 1.54) is 6.92 Å². The number of amides is 1. The Morgan fingerprint density at radius 2 is 1.87 bits per heavy atom. The number of Topliss-reactive ketones (excluding diaryl/α,β-unsaturated/α-hetero) is 1. The number of carbonyl (C=O) groups is 2. The van der Waals surface area contributed by atoms with Crippen molar-refractivity contribution in [2.45, 2.75) is 33.7 Å². The van der Waals surface area contributed by atoms with Crippen molar-refractivity contribution < 1.29 is 9.59 Å². The molecule has 1 amide bonds. The third-order valence-corrected chi connectivity index (χ3v) is 3.76. The number of nitrogens with zero attached hydrogens (tertiary/aromatic N) is 1. The number of carbonyl (C=O) groups excluding carboxylic acids is 2. The molecule has 0 unspecified atom stereocenters. The SMILES string of the molecule is CCN(c1ccc(NC(=O)c2cc(C(C)=O)c[nH]2)cc1)C(C)C. The number of hydrogen-bond acceptors (Lipinski definition) is 3. The van der Waals surface area contributed by atoms with E-state index >= 15 is 0 Å². The lowest BCUT2D eigenvalue weighted by Crippen LogP contribution is -2.30. The molecule has 23 heavy (non-hydrogen) atoms. The highest BCUT2D eigenvalue weighted by atomic mass is 16.2. The van der Waals surface area contributed by atoms with Crippen molar-refractivity contribution in [3.63, 3.8) is 0 Å². The molecule has 0 bridgehead atoms. The van der Waals surface area contributed by atoms with E-state index in [4.69, 9.17) is 0 Å². The lowest BCUT2D eigenvalue weighted by Gasteiger charge is -2.27. The van der Waals surface area contributed by atoms with Crippen LogP contribution in [0.5, 0.6) is 0 Å². The van der Waals surface area contributed by atoms with Crippen molar-refractivity contribution in [3.05, 3.63) is 47.8 Å². The number of aromatic amines is 1. The van der Waals surface area contributed by atoms with Crippen molar-refractivity contribution in [1.29, 1.82) is 0 Å². The van der Waals surface area contributed by atoms with Gasteiger partial charge in [-0.3, -0.25) is 9.59 Å². The van der Waals surface area contributed by atoms with Gasteiger partial charge in [0.25, 0.3) is 5.91 Å². The third kappa shape index (κ3) is 4.00. The average Bonchev–Trinajstić information content (AvgIpc) is 2.99. The molecule has 1 heterocycles. The van der Waals surface area contributed by atoms with Crippen LogP contribution in [0, 0.1) is 0 Å². The van der Waals surface area contributed by atoms with Crippen molar-refractivity contribution in [3.8, 4) is 0 Å². The molecule has 122 valence electrons. The molecule has 0 saturated heterocycles. The maximum Gasteiger partial charge on any atom is 0.272 e. The summed E-state index contributed by atoms with van der Waals surface area (Å²) in [6.07, 6.45) is 1.54. The maximum absolute atomic E-state index is 12.2. The molecule has 0 atom stereocenters. The lowest BCUT2D eigenvalue weighted by molar-refractivity contribution is 0.101. The number of hydrogen-bond donors (Lipinski definition) is 2. The quantitative estimate of drug-likeness (QED) is 0.799. The molecule has 0 radical (unpaired) electrons. The summed E-state index contributed by atoms with van der Waals surface area (Å²) >= 11 is 0. The number of rotatable bonds is 6. The number of ketones is 1. The van der Waals surface area contributed by atoms with Gasteiger partial charge in [0.05, 0.1) is 0 Å². The van der Waals surface area contributed by atoms with E-state index in [-0.39, 0.29) is 11.7 Å². The molecule has 0 fully saturated rings. The van der Waals surface area contributed by atoms with Gasteiger partial charge in [-0.05, 0) is 58.0 Å². The highest BCUT2D eigenvalue weighted by Gasteiger charge is 2.12.